The molecule has 2 N–H and O–H groups in total. The van der Waals surface area contributed by atoms with E-state index in [2.05, 4.69) is 10.3 Å². The Bertz CT molecular complexity index is 915. The number of hydrogen-bond acceptors (Lipinski definition) is 2. The zero-order chi connectivity index (χ0) is 15.7. The van der Waals surface area contributed by atoms with Crippen LogP contribution in [0.5, 0.6) is 0 Å². The Morgan fingerprint density at radius 2 is 1.68 bits per heavy atom. The van der Waals surface area contributed by atoms with Crippen molar-refractivity contribution < 1.29 is 13.6 Å². The van der Waals surface area contributed by atoms with Crippen molar-refractivity contribution in [3.05, 3.63) is 76.1 Å². The van der Waals surface area contributed by atoms with E-state index in [9.17, 15) is 18.4 Å². The quantitative estimate of drug-likeness (QED) is 0.764. The van der Waals surface area contributed by atoms with Gasteiger partial charge in [0, 0.05) is 17.0 Å². The van der Waals surface area contributed by atoms with Gasteiger partial charge < -0.3 is 10.3 Å². The molecule has 3 rings (SSSR count). The Morgan fingerprint density at radius 1 is 1.00 bits per heavy atom. The van der Waals surface area contributed by atoms with Crippen LogP contribution in [0.2, 0.25) is 0 Å². The molecular formula is C16H10F2N2O2. The van der Waals surface area contributed by atoms with Crippen LogP contribution in [0.15, 0.2) is 53.3 Å². The van der Waals surface area contributed by atoms with Crippen molar-refractivity contribution >= 4 is 22.5 Å². The number of hydrogen-bond donors (Lipinski definition) is 2. The fourth-order valence-corrected chi connectivity index (χ4v) is 2.19. The highest BCUT2D eigenvalue weighted by Gasteiger charge is 2.16. The van der Waals surface area contributed by atoms with Crippen molar-refractivity contribution in [2.45, 2.75) is 0 Å². The number of halogens is 2. The van der Waals surface area contributed by atoms with Crippen molar-refractivity contribution in [3.8, 4) is 0 Å². The summed E-state index contributed by atoms with van der Waals surface area (Å²) in [6.07, 6.45) is 0. The van der Waals surface area contributed by atoms with Crippen LogP contribution >= 0.6 is 0 Å². The lowest BCUT2D eigenvalue weighted by Gasteiger charge is -2.09. The lowest BCUT2D eigenvalue weighted by atomic mass is 10.1. The highest BCUT2D eigenvalue weighted by atomic mass is 19.1. The number of H-pyrrole nitrogens is 1. The van der Waals surface area contributed by atoms with E-state index in [1.807, 2.05) is 0 Å². The Labute approximate surface area is 123 Å². The predicted octanol–water partition coefficient (Wildman–Crippen LogP) is 3.06. The van der Waals surface area contributed by atoms with Crippen LogP contribution < -0.4 is 10.9 Å². The third kappa shape index (κ3) is 2.46. The van der Waals surface area contributed by atoms with Crippen molar-refractivity contribution in [2.24, 2.45) is 0 Å². The minimum absolute atomic E-state index is 0.0435. The van der Waals surface area contributed by atoms with Crippen LogP contribution in [-0.2, 0) is 0 Å². The molecule has 0 radical (unpaired) electrons. The standard InChI is InChI=1S/C16H10F2N2O2/c17-11-5-3-6-12(18)15(11)20-16(22)10-8-14(21)19-13-7-2-1-4-9(10)13/h1-8H,(H,19,21)(H,20,22). The SMILES string of the molecule is O=C(Nc1c(F)cccc1F)c1cc(=O)[nH]c2ccccc12. The molecule has 0 saturated carbocycles. The monoisotopic (exact) mass is 300 g/mol. The number of nitrogens with one attached hydrogen (secondary N) is 2. The smallest absolute Gasteiger partial charge is 0.256 e. The zero-order valence-electron chi connectivity index (χ0n) is 11.2. The van der Waals surface area contributed by atoms with Gasteiger partial charge >= 0.3 is 0 Å². The summed E-state index contributed by atoms with van der Waals surface area (Å²) in [4.78, 5) is 26.5. The van der Waals surface area contributed by atoms with Crippen molar-refractivity contribution in [1.82, 2.24) is 4.98 Å². The molecule has 0 bridgehead atoms. The molecule has 6 heteroatoms. The Kier molecular flexibility index (Phi) is 3.42. The van der Waals surface area contributed by atoms with E-state index in [0.717, 1.165) is 18.2 Å². The number of carbonyl (C=O) groups excluding carboxylic acids is 1. The highest BCUT2D eigenvalue weighted by Crippen LogP contribution is 2.21. The van der Waals surface area contributed by atoms with E-state index >= 15 is 0 Å². The second-order valence-corrected chi connectivity index (χ2v) is 4.64. The minimum atomic E-state index is -0.887. The second-order valence-electron chi connectivity index (χ2n) is 4.64. The number of carbonyl (C=O) groups is 1. The average molecular weight is 300 g/mol. The number of amides is 1. The first-order valence-electron chi connectivity index (χ1n) is 6.43. The third-order valence-electron chi connectivity index (χ3n) is 3.20. The van der Waals surface area contributed by atoms with Gasteiger partial charge in [-0.1, -0.05) is 24.3 Å². The van der Waals surface area contributed by atoms with Crippen molar-refractivity contribution in [1.29, 1.82) is 0 Å². The molecule has 3 aromatic rings. The summed E-state index contributed by atoms with van der Waals surface area (Å²) in [5.41, 5.74) is -0.508. The predicted molar refractivity (Wildman–Crippen MR) is 78.9 cm³/mol. The molecule has 0 aliphatic carbocycles. The summed E-state index contributed by atoms with van der Waals surface area (Å²) >= 11 is 0. The van der Waals surface area contributed by atoms with Crippen LogP contribution in [0.3, 0.4) is 0 Å². The molecule has 0 saturated heterocycles. The molecule has 0 aliphatic heterocycles. The van der Waals surface area contributed by atoms with Crippen LogP contribution in [0.25, 0.3) is 10.9 Å². The molecule has 2 aromatic carbocycles. The molecule has 4 nitrogen and oxygen atoms in total. The topological polar surface area (TPSA) is 62.0 Å². The average Bonchev–Trinajstić information content (AvgIpc) is 2.50. The fourth-order valence-electron chi connectivity index (χ4n) is 2.19. The maximum absolute atomic E-state index is 13.6. The van der Waals surface area contributed by atoms with Gasteiger partial charge in [0.25, 0.3) is 5.91 Å². The summed E-state index contributed by atoms with van der Waals surface area (Å²) in [6.45, 7) is 0. The largest absolute Gasteiger partial charge is 0.322 e. The van der Waals surface area contributed by atoms with E-state index in [-0.39, 0.29) is 5.56 Å². The van der Waals surface area contributed by atoms with Crippen molar-refractivity contribution in [2.75, 3.05) is 5.32 Å². The molecule has 0 fully saturated rings. The maximum Gasteiger partial charge on any atom is 0.256 e. The first-order chi connectivity index (χ1) is 10.6. The fraction of sp³-hybridized carbons (Fsp3) is 0. The number of rotatable bonds is 2. The van der Waals surface area contributed by atoms with E-state index in [4.69, 9.17) is 0 Å². The molecule has 1 aromatic heterocycles. The molecular weight excluding hydrogens is 290 g/mol. The van der Waals surface area contributed by atoms with Gasteiger partial charge in [-0.15, -0.1) is 0 Å². The summed E-state index contributed by atoms with van der Waals surface area (Å²) < 4.78 is 27.2. The van der Waals surface area contributed by atoms with Gasteiger partial charge in [-0.05, 0) is 18.2 Å². The second kappa shape index (κ2) is 5.40. The van der Waals surface area contributed by atoms with Gasteiger partial charge in [-0.3, -0.25) is 9.59 Å². The van der Waals surface area contributed by atoms with Crippen LogP contribution in [0, 0.1) is 11.6 Å². The minimum Gasteiger partial charge on any atom is -0.322 e. The summed E-state index contributed by atoms with van der Waals surface area (Å²) in [7, 11) is 0. The molecule has 0 atom stereocenters. The van der Waals surface area contributed by atoms with Crippen LogP contribution in [0.4, 0.5) is 14.5 Å². The van der Waals surface area contributed by atoms with E-state index in [1.54, 1.807) is 24.3 Å². The number of pyridine rings is 1. The summed E-state index contributed by atoms with van der Waals surface area (Å²) in [5.74, 6) is -2.53. The number of aromatic amines is 1. The molecule has 0 spiro atoms. The highest BCUT2D eigenvalue weighted by molar-refractivity contribution is 6.12. The Balaban J connectivity index is 2.08. The molecule has 0 aliphatic rings. The third-order valence-corrected chi connectivity index (χ3v) is 3.20. The molecule has 1 amide bonds. The van der Waals surface area contributed by atoms with Gasteiger partial charge in [0.05, 0.1) is 5.56 Å². The van der Waals surface area contributed by atoms with Crippen LogP contribution in [0.1, 0.15) is 10.4 Å². The van der Waals surface area contributed by atoms with E-state index < -0.39 is 28.8 Å². The number of fused-ring (bicyclic) bond motifs is 1. The molecule has 22 heavy (non-hydrogen) atoms. The zero-order valence-corrected chi connectivity index (χ0v) is 11.2. The van der Waals surface area contributed by atoms with Gasteiger partial charge in [-0.25, -0.2) is 8.78 Å². The van der Waals surface area contributed by atoms with Crippen molar-refractivity contribution in [3.63, 3.8) is 0 Å². The lowest BCUT2D eigenvalue weighted by molar-refractivity contribution is 0.102. The number of benzene rings is 2. The normalized spacial score (nSPS) is 10.6. The Morgan fingerprint density at radius 3 is 2.41 bits per heavy atom. The maximum atomic E-state index is 13.6. The molecule has 0 unspecified atom stereocenters. The lowest BCUT2D eigenvalue weighted by Crippen LogP contribution is -2.18. The number of para-hydroxylation sites is 2. The van der Waals surface area contributed by atoms with E-state index in [0.29, 0.717) is 10.9 Å². The van der Waals surface area contributed by atoms with E-state index in [1.165, 1.54) is 6.07 Å². The summed E-state index contributed by atoms with van der Waals surface area (Å²) in [5, 5.41) is 2.66. The van der Waals surface area contributed by atoms with Gasteiger partial charge in [-0.2, -0.15) is 0 Å². The van der Waals surface area contributed by atoms with Gasteiger partial charge in [0.1, 0.15) is 17.3 Å². The Hall–Kier alpha value is -3.02. The van der Waals surface area contributed by atoms with Gasteiger partial charge in [0.15, 0.2) is 0 Å². The van der Waals surface area contributed by atoms with Gasteiger partial charge in [0.2, 0.25) is 5.56 Å². The number of anilines is 1. The molecule has 1 heterocycles. The first-order valence-corrected chi connectivity index (χ1v) is 6.43. The molecule has 110 valence electrons. The first kappa shape index (κ1) is 13.9. The number of aromatic nitrogens is 1. The summed E-state index contributed by atoms with van der Waals surface area (Å²) in [6, 6.07) is 11.0. The van der Waals surface area contributed by atoms with Crippen LogP contribution in [-0.4, -0.2) is 10.9 Å².